The van der Waals surface area contributed by atoms with E-state index in [0.717, 1.165) is 0 Å². The number of amides is 2. The molecule has 0 heterocycles. The summed E-state index contributed by atoms with van der Waals surface area (Å²) in [5.74, 6) is -1.29. The van der Waals surface area contributed by atoms with Crippen LogP contribution >= 0.6 is 0 Å². The van der Waals surface area contributed by atoms with Crippen molar-refractivity contribution in [1.29, 1.82) is 0 Å². The fraction of sp³-hybridized carbons (Fsp3) is 0.273. The summed E-state index contributed by atoms with van der Waals surface area (Å²) in [6.45, 7) is 1.29. The van der Waals surface area contributed by atoms with Gasteiger partial charge in [-0.2, -0.15) is 0 Å². The molecule has 6 heteroatoms. The predicted molar refractivity (Wildman–Crippen MR) is 61.7 cm³/mol. The van der Waals surface area contributed by atoms with Gasteiger partial charge in [-0.3, -0.25) is 0 Å². The molecule has 4 N–H and O–H groups in total. The molecule has 0 saturated heterocycles. The van der Waals surface area contributed by atoms with E-state index in [9.17, 15) is 14.7 Å². The summed E-state index contributed by atoms with van der Waals surface area (Å²) in [5.41, 5.74) is 0.541. The minimum Gasteiger partial charge on any atom is -0.480 e. The number of carbonyl (C=O) groups excluding carboxylic acids is 1. The summed E-state index contributed by atoms with van der Waals surface area (Å²) >= 11 is 0. The quantitative estimate of drug-likeness (QED) is 0.618. The summed E-state index contributed by atoms with van der Waals surface area (Å²) in [7, 11) is 0. The molecule has 0 radical (unpaired) electrons. The largest absolute Gasteiger partial charge is 0.480 e. The van der Waals surface area contributed by atoms with Gasteiger partial charge in [0.05, 0.1) is 6.10 Å². The molecule has 2 unspecified atom stereocenters. The lowest BCUT2D eigenvalue weighted by atomic mass is 10.2. The van der Waals surface area contributed by atoms with Crippen LogP contribution < -0.4 is 10.6 Å². The Morgan fingerprint density at radius 2 is 1.82 bits per heavy atom. The van der Waals surface area contributed by atoms with Crippen LogP contribution in [0.5, 0.6) is 0 Å². The van der Waals surface area contributed by atoms with Crippen molar-refractivity contribution < 1.29 is 19.8 Å². The molecule has 0 saturated carbocycles. The number of anilines is 1. The summed E-state index contributed by atoms with van der Waals surface area (Å²) in [6, 6.07) is 6.58. The van der Waals surface area contributed by atoms with E-state index >= 15 is 0 Å². The van der Waals surface area contributed by atoms with Crippen molar-refractivity contribution in [1.82, 2.24) is 5.32 Å². The van der Waals surface area contributed by atoms with Gasteiger partial charge >= 0.3 is 12.0 Å². The lowest BCUT2D eigenvalue weighted by molar-refractivity contribution is -0.141. The molecule has 17 heavy (non-hydrogen) atoms. The molecular weight excluding hydrogens is 224 g/mol. The van der Waals surface area contributed by atoms with Crippen LogP contribution in [0.3, 0.4) is 0 Å². The van der Waals surface area contributed by atoms with Gasteiger partial charge in [0.25, 0.3) is 0 Å². The number of carbonyl (C=O) groups is 2. The lowest BCUT2D eigenvalue weighted by Crippen LogP contribution is -2.49. The first-order valence-electron chi connectivity index (χ1n) is 5.04. The van der Waals surface area contributed by atoms with Gasteiger partial charge in [-0.25, -0.2) is 9.59 Å². The molecule has 0 aliphatic heterocycles. The summed E-state index contributed by atoms with van der Waals surface area (Å²) < 4.78 is 0. The number of aliphatic hydroxyl groups is 1. The van der Waals surface area contributed by atoms with Crippen molar-refractivity contribution in [2.75, 3.05) is 5.32 Å². The molecule has 0 aliphatic rings. The van der Waals surface area contributed by atoms with Crippen LogP contribution in [0.25, 0.3) is 0 Å². The number of rotatable bonds is 4. The highest BCUT2D eigenvalue weighted by Crippen LogP contribution is 2.04. The van der Waals surface area contributed by atoms with Crippen molar-refractivity contribution in [3.05, 3.63) is 30.3 Å². The Hall–Kier alpha value is -2.08. The summed E-state index contributed by atoms with van der Waals surface area (Å²) in [5, 5.41) is 22.6. The Morgan fingerprint density at radius 3 is 2.29 bits per heavy atom. The molecule has 6 nitrogen and oxygen atoms in total. The number of hydrogen-bond donors (Lipinski definition) is 4. The van der Waals surface area contributed by atoms with E-state index < -0.39 is 24.1 Å². The third kappa shape index (κ3) is 4.12. The number of nitrogens with one attached hydrogen (secondary N) is 2. The van der Waals surface area contributed by atoms with Crippen molar-refractivity contribution in [3.8, 4) is 0 Å². The van der Waals surface area contributed by atoms with Gasteiger partial charge in [0, 0.05) is 5.69 Å². The zero-order chi connectivity index (χ0) is 12.8. The number of benzene rings is 1. The lowest BCUT2D eigenvalue weighted by Gasteiger charge is -2.17. The van der Waals surface area contributed by atoms with Crippen LogP contribution in [0.2, 0.25) is 0 Å². The first kappa shape index (κ1) is 13.0. The molecule has 0 aromatic heterocycles. The van der Waals surface area contributed by atoms with Crippen LogP contribution in [0.4, 0.5) is 10.5 Å². The van der Waals surface area contributed by atoms with Gasteiger partial charge in [-0.1, -0.05) is 18.2 Å². The Morgan fingerprint density at radius 1 is 1.24 bits per heavy atom. The zero-order valence-corrected chi connectivity index (χ0v) is 9.25. The van der Waals surface area contributed by atoms with E-state index in [0.29, 0.717) is 5.69 Å². The molecule has 1 aromatic rings. The zero-order valence-electron chi connectivity index (χ0n) is 9.25. The second-order valence-corrected chi connectivity index (χ2v) is 3.52. The Bertz CT molecular complexity index is 392. The molecular formula is C11H14N2O4. The third-order valence-electron chi connectivity index (χ3n) is 2.07. The molecule has 0 spiro atoms. The van der Waals surface area contributed by atoms with Crippen molar-refractivity contribution in [3.63, 3.8) is 0 Å². The van der Waals surface area contributed by atoms with Gasteiger partial charge in [-0.05, 0) is 19.1 Å². The molecule has 1 rings (SSSR count). The predicted octanol–water partition coefficient (Wildman–Crippen LogP) is 0.642. The summed E-state index contributed by atoms with van der Waals surface area (Å²) in [6.07, 6.45) is -1.17. The highest BCUT2D eigenvalue weighted by Gasteiger charge is 2.24. The van der Waals surface area contributed by atoms with Crippen molar-refractivity contribution in [2.45, 2.75) is 19.1 Å². The molecule has 0 fully saturated rings. The van der Waals surface area contributed by atoms with Crippen LogP contribution in [0.15, 0.2) is 30.3 Å². The van der Waals surface area contributed by atoms with E-state index in [-0.39, 0.29) is 0 Å². The van der Waals surface area contributed by atoms with Crippen LogP contribution in [-0.2, 0) is 4.79 Å². The van der Waals surface area contributed by atoms with E-state index in [1.165, 1.54) is 6.92 Å². The Kier molecular flexibility index (Phi) is 4.47. The minimum absolute atomic E-state index is 0.541. The Labute approximate surface area is 98.3 Å². The molecule has 0 bridgehead atoms. The van der Waals surface area contributed by atoms with Gasteiger partial charge in [-0.15, -0.1) is 0 Å². The van der Waals surface area contributed by atoms with E-state index in [1.54, 1.807) is 30.3 Å². The SMILES string of the molecule is CC(O)C(NC(=O)Nc1ccccc1)C(=O)O. The maximum Gasteiger partial charge on any atom is 0.328 e. The number of hydrogen-bond acceptors (Lipinski definition) is 3. The van der Waals surface area contributed by atoms with Gasteiger partial charge in [0.1, 0.15) is 0 Å². The average molecular weight is 238 g/mol. The van der Waals surface area contributed by atoms with Crippen molar-refractivity contribution in [2.24, 2.45) is 0 Å². The van der Waals surface area contributed by atoms with Crippen LogP contribution in [-0.4, -0.2) is 34.4 Å². The highest BCUT2D eigenvalue weighted by atomic mass is 16.4. The number of aliphatic carboxylic acids is 1. The first-order valence-corrected chi connectivity index (χ1v) is 5.04. The van der Waals surface area contributed by atoms with Crippen molar-refractivity contribution >= 4 is 17.7 Å². The fourth-order valence-corrected chi connectivity index (χ4v) is 1.22. The molecule has 92 valence electrons. The van der Waals surface area contributed by atoms with E-state index in [1.807, 2.05) is 0 Å². The third-order valence-corrected chi connectivity index (χ3v) is 2.07. The molecule has 2 atom stereocenters. The number of para-hydroxylation sites is 1. The minimum atomic E-state index is -1.33. The smallest absolute Gasteiger partial charge is 0.328 e. The standard InChI is InChI=1S/C11H14N2O4/c1-7(14)9(10(15)16)13-11(17)12-8-5-3-2-4-6-8/h2-7,9,14H,1H3,(H,15,16)(H2,12,13,17). The van der Waals surface area contributed by atoms with E-state index in [4.69, 9.17) is 5.11 Å². The monoisotopic (exact) mass is 238 g/mol. The second kappa shape index (κ2) is 5.86. The van der Waals surface area contributed by atoms with Crippen LogP contribution in [0.1, 0.15) is 6.92 Å². The molecule has 2 amide bonds. The van der Waals surface area contributed by atoms with Gasteiger partial charge < -0.3 is 20.8 Å². The van der Waals surface area contributed by atoms with Gasteiger partial charge in [0.15, 0.2) is 6.04 Å². The molecule has 0 aliphatic carbocycles. The van der Waals surface area contributed by atoms with Crippen LogP contribution in [0, 0.1) is 0 Å². The first-order chi connectivity index (χ1) is 8.00. The second-order valence-electron chi connectivity index (χ2n) is 3.52. The topological polar surface area (TPSA) is 98.7 Å². The van der Waals surface area contributed by atoms with Gasteiger partial charge in [0.2, 0.25) is 0 Å². The Balaban J connectivity index is 2.57. The normalized spacial score (nSPS) is 13.5. The number of carboxylic acids is 1. The molecule has 1 aromatic carbocycles. The summed E-state index contributed by atoms with van der Waals surface area (Å²) in [4.78, 5) is 22.2. The average Bonchev–Trinajstić information content (AvgIpc) is 2.26. The highest BCUT2D eigenvalue weighted by molar-refractivity contribution is 5.92. The maximum absolute atomic E-state index is 11.4. The number of aliphatic hydroxyl groups excluding tert-OH is 1. The number of urea groups is 1. The maximum atomic E-state index is 11.4. The van der Waals surface area contributed by atoms with E-state index in [2.05, 4.69) is 10.6 Å². The fourth-order valence-electron chi connectivity index (χ4n) is 1.22. The number of carboxylic acid groups (broad SMARTS) is 1.